The van der Waals surface area contributed by atoms with E-state index in [2.05, 4.69) is 10.4 Å². The Kier molecular flexibility index (Phi) is 3.15. The first-order chi connectivity index (χ1) is 11.1. The summed E-state index contributed by atoms with van der Waals surface area (Å²) in [7, 11) is 1.89. The number of para-hydroxylation sites is 1. The number of carbonyl (C=O) groups is 1. The largest absolute Gasteiger partial charge is 0.349 e. The van der Waals surface area contributed by atoms with Gasteiger partial charge >= 0.3 is 0 Å². The minimum absolute atomic E-state index is 0.0195. The summed E-state index contributed by atoms with van der Waals surface area (Å²) in [4.78, 5) is 17.3. The van der Waals surface area contributed by atoms with Crippen molar-refractivity contribution in [3.63, 3.8) is 0 Å². The van der Waals surface area contributed by atoms with Gasteiger partial charge in [0.25, 0.3) is 5.91 Å². The lowest BCUT2D eigenvalue weighted by Crippen LogP contribution is -2.25. The van der Waals surface area contributed by atoms with E-state index in [9.17, 15) is 4.79 Å². The maximum absolute atomic E-state index is 12.6. The van der Waals surface area contributed by atoms with E-state index in [1.165, 1.54) is 0 Å². The van der Waals surface area contributed by atoms with Gasteiger partial charge in [0.1, 0.15) is 0 Å². The van der Waals surface area contributed by atoms with E-state index >= 15 is 0 Å². The first-order valence-electron chi connectivity index (χ1n) is 7.83. The number of fused-ring (bicyclic) bond motifs is 1. The molecule has 2 aromatic heterocycles. The third kappa shape index (κ3) is 2.59. The van der Waals surface area contributed by atoms with Crippen molar-refractivity contribution >= 4 is 16.8 Å². The monoisotopic (exact) mass is 306 g/mol. The summed E-state index contributed by atoms with van der Waals surface area (Å²) in [6.45, 7) is 1.95. The molecule has 4 rings (SSSR count). The second-order valence-corrected chi connectivity index (χ2v) is 6.12. The van der Waals surface area contributed by atoms with Gasteiger partial charge in [-0.1, -0.05) is 18.2 Å². The van der Waals surface area contributed by atoms with Crippen LogP contribution in [-0.2, 0) is 7.05 Å². The Hall–Kier alpha value is -2.69. The molecule has 1 fully saturated rings. The van der Waals surface area contributed by atoms with Gasteiger partial charge in [0.2, 0.25) is 0 Å². The number of pyridine rings is 1. The first-order valence-corrected chi connectivity index (χ1v) is 7.83. The quantitative estimate of drug-likeness (QED) is 0.809. The van der Waals surface area contributed by atoms with Crippen LogP contribution in [0, 0.1) is 6.92 Å². The third-order valence-electron chi connectivity index (χ3n) is 4.16. The number of carbonyl (C=O) groups excluding carboxylic acids is 1. The highest BCUT2D eigenvalue weighted by Crippen LogP contribution is 2.27. The second-order valence-electron chi connectivity index (χ2n) is 6.12. The topological polar surface area (TPSA) is 59.8 Å². The maximum Gasteiger partial charge on any atom is 0.252 e. The average molecular weight is 306 g/mol. The van der Waals surface area contributed by atoms with E-state index in [1.54, 1.807) is 4.68 Å². The molecule has 0 radical (unpaired) electrons. The maximum atomic E-state index is 12.6. The SMILES string of the molecule is Cc1nn(C)cc1-c1cc(C(=O)NC2CC2)c2ccccc2n1. The highest BCUT2D eigenvalue weighted by molar-refractivity contribution is 6.07. The van der Waals surface area contributed by atoms with Gasteiger partial charge in [-0.15, -0.1) is 0 Å². The Morgan fingerprint density at radius 1 is 1.30 bits per heavy atom. The van der Waals surface area contributed by atoms with Crippen molar-refractivity contribution < 1.29 is 4.79 Å². The first kappa shape index (κ1) is 13.9. The number of hydrogen-bond acceptors (Lipinski definition) is 3. The molecule has 1 amide bonds. The molecule has 0 spiro atoms. The zero-order valence-electron chi connectivity index (χ0n) is 13.2. The Labute approximate surface area is 134 Å². The molecule has 3 aromatic rings. The van der Waals surface area contributed by atoms with Crippen LogP contribution in [0.3, 0.4) is 0 Å². The zero-order valence-corrected chi connectivity index (χ0v) is 13.2. The lowest BCUT2D eigenvalue weighted by Gasteiger charge is -2.09. The van der Waals surface area contributed by atoms with Gasteiger partial charge < -0.3 is 5.32 Å². The fourth-order valence-corrected chi connectivity index (χ4v) is 2.84. The molecule has 1 N–H and O–H groups in total. The summed E-state index contributed by atoms with van der Waals surface area (Å²) in [6.07, 6.45) is 4.08. The van der Waals surface area contributed by atoms with Crippen LogP contribution in [-0.4, -0.2) is 26.7 Å². The molecular weight excluding hydrogens is 288 g/mol. The summed E-state index contributed by atoms with van der Waals surface area (Å²) in [5, 5.41) is 8.33. The number of aromatic nitrogens is 3. The summed E-state index contributed by atoms with van der Waals surface area (Å²) in [5.41, 5.74) is 4.16. The molecule has 5 heteroatoms. The van der Waals surface area contributed by atoms with Crippen molar-refractivity contribution in [1.82, 2.24) is 20.1 Å². The van der Waals surface area contributed by atoms with Crippen LogP contribution >= 0.6 is 0 Å². The van der Waals surface area contributed by atoms with Crippen molar-refractivity contribution in [2.75, 3.05) is 0 Å². The van der Waals surface area contributed by atoms with Crippen LogP contribution in [0.2, 0.25) is 0 Å². The van der Waals surface area contributed by atoms with Crippen LogP contribution in [0.15, 0.2) is 36.5 Å². The number of nitrogens with one attached hydrogen (secondary N) is 1. The molecule has 5 nitrogen and oxygen atoms in total. The van der Waals surface area contributed by atoms with Crippen molar-refractivity contribution in [1.29, 1.82) is 0 Å². The van der Waals surface area contributed by atoms with E-state index < -0.39 is 0 Å². The van der Waals surface area contributed by atoms with Crippen molar-refractivity contribution in [3.05, 3.63) is 47.8 Å². The predicted molar refractivity (Wildman–Crippen MR) is 89.2 cm³/mol. The minimum atomic E-state index is -0.0195. The van der Waals surface area contributed by atoms with Gasteiger partial charge in [0.05, 0.1) is 22.5 Å². The Bertz CT molecular complexity index is 909. The van der Waals surface area contributed by atoms with Gasteiger partial charge in [-0.05, 0) is 31.9 Å². The molecule has 0 aliphatic heterocycles. The van der Waals surface area contributed by atoms with Crippen LogP contribution in [0.5, 0.6) is 0 Å². The van der Waals surface area contributed by atoms with Crippen molar-refractivity contribution in [2.24, 2.45) is 7.05 Å². The Morgan fingerprint density at radius 2 is 2.09 bits per heavy atom. The Balaban J connectivity index is 1.89. The molecule has 0 saturated heterocycles. The third-order valence-corrected chi connectivity index (χ3v) is 4.16. The Morgan fingerprint density at radius 3 is 2.78 bits per heavy atom. The highest BCUT2D eigenvalue weighted by Gasteiger charge is 2.25. The fraction of sp³-hybridized carbons (Fsp3) is 0.278. The van der Waals surface area contributed by atoms with E-state index in [1.807, 2.05) is 50.5 Å². The number of rotatable bonds is 3. The van der Waals surface area contributed by atoms with Crippen LogP contribution in [0.1, 0.15) is 28.9 Å². The van der Waals surface area contributed by atoms with Crippen molar-refractivity contribution in [2.45, 2.75) is 25.8 Å². The van der Waals surface area contributed by atoms with E-state index in [0.29, 0.717) is 11.6 Å². The van der Waals surface area contributed by atoms with Crippen molar-refractivity contribution in [3.8, 4) is 11.3 Å². The number of amides is 1. The van der Waals surface area contributed by atoms with E-state index in [4.69, 9.17) is 4.98 Å². The van der Waals surface area contributed by atoms with E-state index in [0.717, 1.165) is 40.7 Å². The fourth-order valence-electron chi connectivity index (χ4n) is 2.84. The highest BCUT2D eigenvalue weighted by atomic mass is 16.1. The second kappa shape index (κ2) is 5.19. The molecular formula is C18H18N4O. The van der Waals surface area contributed by atoms with Gasteiger partial charge in [0, 0.05) is 30.2 Å². The molecule has 2 heterocycles. The number of benzene rings is 1. The molecule has 1 saturated carbocycles. The lowest BCUT2D eigenvalue weighted by molar-refractivity contribution is 0.0952. The average Bonchev–Trinajstić information content (AvgIpc) is 3.28. The van der Waals surface area contributed by atoms with Crippen LogP contribution in [0.4, 0.5) is 0 Å². The zero-order chi connectivity index (χ0) is 16.0. The lowest BCUT2D eigenvalue weighted by atomic mass is 10.0. The van der Waals surface area contributed by atoms with E-state index in [-0.39, 0.29) is 5.91 Å². The molecule has 116 valence electrons. The number of aryl methyl sites for hydroxylation is 2. The van der Waals surface area contributed by atoms with Crippen LogP contribution < -0.4 is 5.32 Å². The van der Waals surface area contributed by atoms with Gasteiger partial charge in [-0.3, -0.25) is 9.48 Å². The van der Waals surface area contributed by atoms with Gasteiger partial charge in [-0.2, -0.15) is 5.10 Å². The molecule has 23 heavy (non-hydrogen) atoms. The van der Waals surface area contributed by atoms with Gasteiger partial charge in [0.15, 0.2) is 0 Å². The summed E-state index contributed by atoms with van der Waals surface area (Å²) in [6, 6.07) is 9.98. The summed E-state index contributed by atoms with van der Waals surface area (Å²) >= 11 is 0. The molecule has 1 aliphatic rings. The minimum Gasteiger partial charge on any atom is -0.349 e. The number of nitrogens with zero attached hydrogens (tertiary/aromatic N) is 3. The molecule has 0 bridgehead atoms. The molecule has 0 atom stereocenters. The molecule has 1 aromatic carbocycles. The van der Waals surface area contributed by atoms with Crippen LogP contribution in [0.25, 0.3) is 22.2 Å². The smallest absolute Gasteiger partial charge is 0.252 e. The molecule has 0 unspecified atom stereocenters. The normalized spacial score (nSPS) is 14.2. The summed E-state index contributed by atoms with van der Waals surface area (Å²) in [5.74, 6) is -0.0195. The molecule has 1 aliphatic carbocycles. The van der Waals surface area contributed by atoms with Gasteiger partial charge in [-0.25, -0.2) is 4.98 Å². The standard InChI is InChI=1S/C18H18N4O/c1-11-15(10-22(2)21-11)17-9-14(18(23)19-12-7-8-12)13-5-3-4-6-16(13)20-17/h3-6,9-10,12H,7-8H2,1-2H3,(H,19,23). The predicted octanol–water partition coefficient (Wildman–Crippen LogP) is 2.84. The number of hydrogen-bond donors (Lipinski definition) is 1. The summed E-state index contributed by atoms with van der Waals surface area (Å²) < 4.78 is 1.77.